The van der Waals surface area contributed by atoms with Crippen molar-refractivity contribution in [1.82, 2.24) is 30.1 Å². The van der Waals surface area contributed by atoms with E-state index in [1.165, 1.54) is 11.9 Å². The molecule has 39 heavy (non-hydrogen) atoms. The molecule has 0 spiro atoms. The molecule has 1 saturated carbocycles. The second kappa shape index (κ2) is 10.7. The molecule has 4 fully saturated rings. The van der Waals surface area contributed by atoms with Gasteiger partial charge >= 0.3 is 12.2 Å². The maximum Gasteiger partial charge on any atom is 0.417 e. The predicted molar refractivity (Wildman–Crippen MR) is 136 cm³/mol. The summed E-state index contributed by atoms with van der Waals surface area (Å²) in [5, 5.41) is 7.65. The third kappa shape index (κ3) is 5.52. The first-order valence-corrected chi connectivity index (χ1v) is 13.4. The van der Waals surface area contributed by atoms with Gasteiger partial charge in [-0.15, -0.1) is 0 Å². The van der Waals surface area contributed by atoms with E-state index in [4.69, 9.17) is 4.74 Å². The number of rotatable bonds is 5. The summed E-state index contributed by atoms with van der Waals surface area (Å²) in [6.45, 7) is 2.20. The number of methoxy groups -OCH3 is 1. The van der Waals surface area contributed by atoms with Crippen LogP contribution in [0, 0.1) is 5.92 Å². The number of hydrazine groups is 1. The largest absolute Gasteiger partial charge is 0.417 e. The molecule has 1 aromatic heterocycles. The second-order valence-corrected chi connectivity index (χ2v) is 11.1. The number of hydrogen-bond donors (Lipinski definition) is 3. The van der Waals surface area contributed by atoms with Crippen LogP contribution in [-0.2, 0) is 22.8 Å². The number of urea groups is 1. The number of nitrogens with zero attached hydrogens (tertiary/aromatic N) is 4. The average molecular weight is 556 g/mol. The Morgan fingerprint density at radius 1 is 1.15 bits per heavy atom. The van der Waals surface area contributed by atoms with Gasteiger partial charge in [-0.05, 0) is 38.2 Å². The van der Waals surface area contributed by atoms with Crippen molar-refractivity contribution in [3.05, 3.63) is 28.2 Å². The molecule has 0 bridgehead atoms. The standard InChI is InChI=1S/C25H36F3N7O4/c1-32-13-14(25(26,27)28)8-20(23(32)37)30-24(38)33(2)15-4-6-34(7-5-15)17-11-19-21(29-12-17)31-35(22(19)36)16-9-18(10-16)39-3/h8,13,15-19,21,29,31H,4-7,9-12H2,1-3H3,(H,30,38). The van der Waals surface area contributed by atoms with Crippen LogP contribution in [0.3, 0.4) is 0 Å². The van der Waals surface area contributed by atoms with Crippen molar-refractivity contribution in [3.8, 4) is 0 Å². The number of carbonyl (C=O) groups is 2. The smallest absolute Gasteiger partial charge is 0.381 e. The molecule has 3 amide bonds. The van der Waals surface area contributed by atoms with E-state index in [-0.39, 0.29) is 42.2 Å². The van der Waals surface area contributed by atoms with E-state index < -0.39 is 29.0 Å². The van der Waals surface area contributed by atoms with E-state index in [1.807, 2.05) is 0 Å². The third-order valence-corrected chi connectivity index (χ3v) is 8.74. The summed E-state index contributed by atoms with van der Waals surface area (Å²) in [5.74, 6) is -0.00428. The Labute approximate surface area is 224 Å². The highest BCUT2D eigenvalue weighted by Crippen LogP contribution is 2.34. The van der Waals surface area contributed by atoms with Crippen LogP contribution in [0.25, 0.3) is 0 Å². The topological polar surface area (TPSA) is 111 Å². The summed E-state index contributed by atoms with van der Waals surface area (Å²) in [7, 11) is 4.50. The molecule has 1 aliphatic carbocycles. The molecule has 0 aromatic carbocycles. The minimum atomic E-state index is -4.64. The molecular formula is C25H36F3N7O4. The van der Waals surface area contributed by atoms with Crippen LogP contribution < -0.4 is 21.6 Å². The van der Waals surface area contributed by atoms with E-state index in [9.17, 15) is 27.6 Å². The predicted octanol–water partition coefficient (Wildman–Crippen LogP) is 1.16. The molecule has 4 aliphatic rings. The number of carbonyl (C=O) groups excluding carboxylic acids is 2. The minimum Gasteiger partial charge on any atom is -0.381 e. The summed E-state index contributed by atoms with van der Waals surface area (Å²) in [6, 6.07) is 0.278. The fourth-order valence-corrected chi connectivity index (χ4v) is 6.16. The zero-order valence-corrected chi connectivity index (χ0v) is 22.3. The van der Waals surface area contributed by atoms with Crippen LogP contribution in [0.2, 0.25) is 0 Å². The number of aryl methyl sites for hydroxylation is 1. The highest BCUT2D eigenvalue weighted by atomic mass is 19.4. The van der Waals surface area contributed by atoms with Crippen LogP contribution in [-0.4, -0.2) is 95.5 Å². The van der Waals surface area contributed by atoms with E-state index >= 15 is 0 Å². The maximum absolute atomic E-state index is 13.2. The van der Waals surface area contributed by atoms with Gasteiger partial charge in [0.1, 0.15) is 5.69 Å². The number of piperidine rings is 2. The van der Waals surface area contributed by atoms with Crippen LogP contribution in [0.1, 0.15) is 37.7 Å². The Bertz CT molecular complexity index is 1150. The summed E-state index contributed by atoms with van der Waals surface area (Å²) >= 11 is 0. The second-order valence-electron chi connectivity index (χ2n) is 11.1. The van der Waals surface area contributed by atoms with Crippen molar-refractivity contribution < 1.29 is 27.5 Å². The van der Waals surface area contributed by atoms with Crippen molar-refractivity contribution in [1.29, 1.82) is 0 Å². The van der Waals surface area contributed by atoms with Crippen LogP contribution in [0.5, 0.6) is 0 Å². The zero-order chi connectivity index (χ0) is 28.1. The lowest BCUT2D eigenvalue weighted by atomic mass is 9.87. The molecule has 1 aromatic rings. The number of alkyl halides is 3. The van der Waals surface area contributed by atoms with Gasteiger partial charge in [0.05, 0.1) is 29.8 Å². The van der Waals surface area contributed by atoms with Crippen molar-refractivity contribution >= 4 is 17.6 Å². The van der Waals surface area contributed by atoms with Gasteiger partial charge in [0, 0.05) is 59.1 Å². The van der Waals surface area contributed by atoms with Gasteiger partial charge in [-0.3, -0.25) is 24.8 Å². The molecule has 0 radical (unpaired) electrons. The Hall–Kier alpha value is -2.68. The number of nitrogens with one attached hydrogen (secondary N) is 3. The maximum atomic E-state index is 13.2. The Balaban J connectivity index is 1.13. The Kier molecular flexibility index (Phi) is 7.65. The third-order valence-electron chi connectivity index (χ3n) is 8.74. The fraction of sp³-hybridized carbons (Fsp3) is 0.720. The van der Waals surface area contributed by atoms with Gasteiger partial charge in [0.25, 0.3) is 5.56 Å². The average Bonchev–Trinajstić information content (AvgIpc) is 3.20. The van der Waals surface area contributed by atoms with Crippen molar-refractivity contribution in [2.45, 2.75) is 68.7 Å². The molecule has 5 rings (SSSR count). The molecular weight excluding hydrogens is 519 g/mol. The first-order valence-electron chi connectivity index (χ1n) is 13.4. The molecule has 3 unspecified atom stereocenters. The first-order chi connectivity index (χ1) is 18.5. The number of amides is 3. The van der Waals surface area contributed by atoms with Gasteiger partial charge in [-0.25, -0.2) is 10.2 Å². The Morgan fingerprint density at radius 2 is 1.85 bits per heavy atom. The molecule has 216 valence electrons. The minimum absolute atomic E-state index is 0.0636. The summed E-state index contributed by atoms with van der Waals surface area (Å²) < 4.78 is 45.7. The molecule has 3 atom stereocenters. The monoisotopic (exact) mass is 555 g/mol. The number of fused-ring (bicyclic) bond motifs is 1. The van der Waals surface area contributed by atoms with Crippen molar-refractivity contribution in [3.63, 3.8) is 0 Å². The lowest BCUT2D eigenvalue weighted by molar-refractivity contribution is -0.141. The van der Waals surface area contributed by atoms with Gasteiger partial charge in [-0.1, -0.05) is 0 Å². The van der Waals surface area contributed by atoms with E-state index in [2.05, 4.69) is 21.0 Å². The molecule has 14 heteroatoms. The van der Waals surface area contributed by atoms with E-state index in [0.717, 1.165) is 43.5 Å². The molecule has 3 aliphatic heterocycles. The summed E-state index contributed by atoms with van der Waals surface area (Å²) in [4.78, 5) is 42.1. The number of aromatic nitrogens is 1. The lowest BCUT2D eigenvalue weighted by Crippen LogP contribution is -2.59. The normalized spacial score (nSPS) is 30.2. The van der Waals surface area contributed by atoms with Gasteiger partial charge in [0.2, 0.25) is 5.91 Å². The highest BCUT2D eigenvalue weighted by molar-refractivity contribution is 5.89. The summed E-state index contributed by atoms with van der Waals surface area (Å²) in [6.07, 6.45) is -0.00149. The van der Waals surface area contributed by atoms with E-state index in [1.54, 1.807) is 19.2 Å². The molecule has 3 N–H and O–H groups in total. The number of pyridine rings is 1. The van der Waals surface area contributed by atoms with Crippen molar-refractivity contribution in [2.24, 2.45) is 13.0 Å². The Morgan fingerprint density at radius 3 is 2.49 bits per heavy atom. The van der Waals surface area contributed by atoms with E-state index in [0.29, 0.717) is 25.1 Å². The summed E-state index contributed by atoms with van der Waals surface area (Å²) in [5.41, 5.74) is 1.21. The molecule has 11 nitrogen and oxygen atoms in total. The SMILES string of the molecule is COC1CC(N2NC3NCC(N4CCC(N(C)C(=O)Nc5cc(C(F)(F)F)cn(C)c5=O)CC4)CC3C2=O)C1. The highest BCUT2D eigenvalue weighted by Gasteiger charge is 2.49. The quantitative estimate of drug-likeness (QED) is 0.500. The zero-order valence-electron chi connectivity index (χ0n) is 22.3. The lowest BCUT2D eigenvalue weighted by Gasteiger charge is -2.43. The van der Waals surface area contributed by atoms with Gasteiger partial charge < -0.3 is 19.5 Å². The van der Waals surface area contributed by atoms with Gasteiger partial charge in [-0.2, -0.15) is 13.2 Å². The molecule has 3 saturated heterocycles. The number of hydrogen-bond acceptors (Lipinski definition) is 7. The van der Waals surface area contributed by atoms with Gasteiger partial charge in [0.15, 0.2) is 0 Å². The fourth-order valence-electron chi connectivity index (χ4n) is 6.16. The molecule has 4 heterocycles. The number of halogens is 3. The number of anilines is 1. The van der Waals surface area contributed by atoms with Crippen LogP contribution >= 0.6 is 0 Å². The van der Waals surface area contributed by atoms with Crippen LogP contribution in [0.4, 0.5) is 23.7 Å². The van der Waals surface area contributed by atoms with Crippen LogP contribution in [0.15, 0.2) is 17.1 Å². The number of ether oxygens (including phenoxy) is 1. The first kappa shape index (κ1) is 27.9. The number of likely N-dealkylation sites (tertiary alicyclic amines) is 1. The van der Waals surface area contributed by atoms with Crippen molar-refractivity contribution in [2.75, 3.05) is 39.1 Å².